The summed E-state index contributed by atoms with van der Waals surface area (Å²) in [5, 5.41) is 0. The van der Waals surface area contributed by atoms with Crippen molar-refractivity contribution in [2.75, 3.05) is 0 Å². The summed E-state index contributed by atoms with van der Waals surface area (Å²) in [5.41, 5.74) is 4.34. The van der Waals surface area contributed by atoms with Crippen molar-refractivity contribution in [1.29, 1.82) is 0 Å². The summed E-state index contributed by atoms with van der Waals surface area (Å²) in [4.78, 5) is 0. The molecule has 0 heterocycles. The van der Waals surface area contributed by atoms with Crippen molar-refractivity contribution in [2.24, 2.45) is 17.3 Å². The van der Waals surface area contributed by atoms with Crippen molar-refractivity contribution in [2.45, 2.75) is 37.5 Å². The van der Waals surface area contributed by atoms with E-state index in [0.717, 1.165) is 11.8 Å². The fraction of sp³-hybridized carbons (Fsp3) is 0.429. The number of hydrogen-bond acceptors (Lipinski definition) is 0. The second-order valence-electron chi connectivity index (χ2n) is 7.76. The van der Waals surface area contributed by atoms with E-state index in [2.05, 4.69) is 74.5 Å². The Morgan fingerprint density at radius 3 is 1.38 bits per heavy atom. The van der Waals surface area contributed by atoms with Gasteiger partial charge in [0.1, 0.15) is 0 Å². The Bertz CT molecular complexity index is 638. The summed E-state index contributed by atoms with van der Waals surface area (Å²) in [6, 6.07) is 22.7. The first kappa shape index (κ1) is 12.0. The van der Waals surface area contributed by atoms with Gasteiger partial charge in [-0.15, -0.1) is 0 Å². The summed E-state index contributed by atoms with van der Waals surface area (Å²) in [6.07, 6.45) is 2.86. The Kier molecular flexibility index (Phi) is 1.96. The lowest BCUT2D eigenvalue weighted by Crippen LogP contribution is -2.57. The van der Waals surface area contributed by atoms with E-state index in [9.17, 15) is 0 Å². The zero-order valence-corrected chi connectivity index (χ0v) is 12.8. The van der Waals surface area contributed by atoms with Crippen LogP contribution in [0.1, 0.15) is 37.8 Å². The van der Waals surface area contributed by atoms with Gasteiger partial charge in [0.15, 0.2) is 0 Å². The van der Waals surface area contributed by atoms with Gasteiger partial charge in [-0.25, -0.2) is 0 Å². The van der Waals surface area contributed by atoms with Gasteiger partial charge in [0, 0.05) is 10.8 Å². The minimum Gasteiger partial charge on any atom is -0.0622 e. The van der Waals surface area contributed by atoms with Gasteiger partial charge in [-0.1, -0.05) is 74.5 Å². The highest BCUT2D eigenvalue weighted by atomic mass is 15.0. The minimum absolute atomic E-state index is 0.383. The standard InChI is InChI=1S/C21H22/c1-19(2)20(15-9-5-3-6-10-15)17-13-14-18(17)21(19,20)16-11-7-4-8-12-16/h3-12,17-18H,13-14H2,1-2H3/t17-,18+,20-,21+. The molecule has 2 aromatic carbocycles. The van der Waals surface area contributed by atoms with Gasteiger partial charge in [0.2, 0.25) is 0 Å². The highest BCUT2D eigenvalue weighted by Crippen LogP contribution is 2.96. The lowest BCUT2D eigenvalue weighted by Gasteiger charge is -2.59. The molecule has 3 aliphatic carbocycles. The number of fused-ring (bicyclic) bond motifs is 4. The zero-order valence-electron chi connectivity index (χ0n) is 12.8. The predicted octanol–water partition coefficient (Wildman–Crippen LogP) is 4.94. The fourth-order valence-corrected chi connectivity index (χ4v) is 6.90. The number of benzene rings is 2. The lowest BCUT2D eigenvalue weighted by molar-refractivity contribution is -0.0131. The fourth-order valence-electron chi connectivity index (χ4n) is 6.90. The molecular formula is C21H22. The van der Waals surface area contributed by atoms with E-state index in [4.69, 9.17) is 0 Å². The third kappa shape index (κ3) is 0.950. The largest absolute Gasteiger partial charge is 0.0622 e. The summed E-state index contributed by atoms with van der Waals surface area (Å²) >= 11 is 0. The van der Waals surface area contributed by atoms with E-state index in [1.165, 1.54) is 12.8 Å². The van der Waals surface area contributed by atoms with Crippen LogP contribution in [0.5, 0.6) is 0 Å². The molecule has 4 atom stereocenters. The molecule has 3 aliphatic rings. The molecule has 0 bridgehead atoms. The molecule has 0 saturated heterocycles. The molecule has 0 amide bonds. The molecule has 0 aliphatic heterocycles. The van der Waals surface area contributed by atoms with Crippen LogP contribution >= 0.6 is 0 Å². The quantitative estimate of drug-likeness (QED) is 0.727. The topological polar surface area (TPSA) is 0 Å². The van der Waals surface area contributed by atoms with Crippen LogP contribution in [0.15, 0.2) is 60.7 Å². The van der Waals surface area contributed by atoms with E-state index in [0.29, 0.717) is 16.2 Å². The maximum absolute atomic E-state index is 2.52. The summed E-state index contributed by atoms with van der Waals surface area (Å²) in [5.74, 6) is 1.82. The third-order valence-corrected chi connectivity index (χ3v) is 7.38. The van der Waals surface area contributed by atoms with Gasteiger partial charge in [0.05, 0.1) is 0 Å². The summed E-state index contributed by atoms with van der Waals surface area (Å²) < 4.78 is 0. The average molecular weight is 274 g/mol. The van der Waals surface area contributed by atoms with Crippen LogP contribution in [0.2, 0.25) is 0 Å². The van der Waals surface area contributed by atoms with Crippen LogP contribution in [0.4, 0.5) is 0 Å². The second kappa shape index (κ2) is 3.43. The van der Waals surface area contributed by atoms with Crippen molar-refractivity contribution in [3.8, 4) is 0 Å². The molecule has 2 aromatic rings. The molecule has 3 fully saturated rings. The lowest BCUT2D eigenvalue weighted by atomic mass is 9.44. The van der Waals surface area contributed by atoms with Crippen molar-refractivity contribution < 1.29 is 0 Å². The van der Waals surface area contributed by atoms with Gasteiger partial charge >= 0.3 is 0 Å². The number of hydrogen-bond donors (Lipinski definition) is 0. The van der Waals surface area contributed by atoms with Gasteiger partial charge < -0.3 is 0 Å². The molecule has 0 radical (unpaired) electrons. The maximum Gasteiger partial charge on any atom is 0.0149 e. The van der Waals surface area contributed by atoms with Crippen LogP contribution in [-0.4, -0.2) is 0 Å². The monoisotopic (exact) mass is 274 g/mol. The minimum atomic E-state index is 0.383. The van der Waals surface area contributed by atoms with E-state index >= 15 is 0 Å². The average Bonchev–Trinajstić information content (AvgIpc) is 2.88. The zero-order chi connectivity index (χ0) is 14.3. The van der Waals surface area contributed by atoms with Crippen molar-refractivity contribution in [1.82, 2.24) is 0 Å². The van der Waals surface area contributed by atoms with Crippen molar-refractivity contribution >= 4 is 0 Å². The Hall–Kier alpha value is -1.56. The van der Waals surface area contributed by atoms with Crippen LogP contribution in [0.3, 0.4) is 0 Å². The highest BCUT2D eigenvalue weighted by molar-refractivity contribution is 5.65. The van der Waals surface area contributed by atoms with Gasteiger partial charge in [-0.2, -0.15) is 0 Å². The van der Waals surface area contributed by atoms with Gasteiger partial charge in [0.25, 0.3) is 0 Å². The normalized spacial score (nSPS) is 41.2. The molecular weight excluding hydrogens is 252 g/mol. The first-order valence-corrected chi connectivity index (χ1v) is 8.30. The summed E-state index contributed by atoms with van der Waals surface area (Å²) in [7, 11) is 0. The van der Waals surface area contributed by atoms with Gasteiger partial charge in [-0.3, -0.25) is 0 Å². The Morgan fingerprint density at radius 1 is 0.667 bits per heavy atom. The molecule has 0 unspecified atom stereocenters. The molecule has 0 heteroatoms. The van der Waals surface area contributed by atoms with Crippen molar-refractivity contribution in [3.05, 3.63) is 71.8 Å². The molecule has 3 saturated carbocycles. The Labute approximate surface area is 127 Å². The molecule has 0 spiro atoms. The van der Waals surface area contributed by atoms with E-state index < -0.39 is 0 Å². The maximum atomic E-state index is 2.52. The molecule has 21 heavy (non-hydrogen) atoms. The first-order chi connectivity index (χ1) is 10.2. The molecule has 0 aromatic heterocycles. The van der Waals surface area contributed by atoms with E-state index in [-0.39, 0.29) is 0 Å². The smallest absolute Gasteiger partial charge is 0.0149 e. The van der Waals surface area contributed by atoms with Gasteiger partial charge in [-0.05, 0) is 41.2 Å². The second-order valence-corrected chi connectivity index (χ2v) is 7.76. The Morgan fingerprint density at radius 2 is 1.05 bits per heavy atom. The van der Waals surface area contributed by atoms with Crippen molar-refractivity contribution in [3.63, 3.8) is 0 Å². The van der Waals surface area contributed by atoms with Crippen LogP contribution < -0.4 is 0 Å². The molecule has 106 valence electrons. The number of rotatable bonds is 2. The molecule has 5 rings (SSSR count). The Balaban J connectivity index is 1.76. The van der Waals surface area contributed by atoms with Crippen LogP contribution in [-0.2, 0) is 10.8 Å². The van der Waals surface area contributed by atoms with Crippen LogP contribution in [0.25, 0.3) is 0 Å². The van der Waals surface area contributed by atoms with E-state index in [1.54, 1.807) is 11.1 Å². The molecule has 0 nitrogen and oxygen atoms in total. The van der Waals surface area contributed by atoms with E-state index in [1.807, 2.05) is 0 Å². The highest BCUT2D eigenvalue weighted by Gasteiger charge is 2.96. The predicted molar refractivity (Wildman–Crippen MR) is 86.2 cm³/mol. The SMILES string of the molecule is CC1(C)[C@]2(c3ccccc3)[C@H]3CC[C@H]3[C@]12c1ccccc1. The van der Waals surface area contributed by atoms with Crippen LogP contribution in [0, 0.1) is 17.3 Å². The third-order valence-electron chi connectivity index (χ3n) is 7.38. The summed E-state index contributed by atoms with van der Waals surface area (Å²) in [6.45, 7) is 5.04. The first-order valence-electron chi connectivity index (χ1n) is 8.30. The molecule has 0 N–H and O–H groups in total.